The van der Waals surface area contributed by atoms with Gasteiger partial charge < -0.3 is 5.32 Å². The molecule has 0 saturated carbocycles. The molecule has 27 heavy (non-hydrogen) atoms. The number of rotatable bonds is 8. The normalized spacial score (nSPS) is 10.6. The Morgan fingerprint density at radius 2 is 1.81 bits per heavy atom. The highest BCUT2D eigenvalue weighted by Gasteiger charge is 2.10. The predicted octanol–water partition coefficient (Wildman–Crippen LogP) is 4.46. The van der Waals surface area contributed by atoms with E-state index in [1.54, 1.807) is 11.3 Å². The van der Waals surface area contributed by atoms with Crippen molar-refractivity contribution in [1.82, 2.24) is 10.3 Å². The molecule has 0 aliphatic rings. The number of Topliss-reactive ketones (excluding diaryl/α,β-unsaturated/α-hetero) is 1. The number of ketones is 1. The molecular formula is C21H20N2O2S2. The van der Waals surface area contributed by atoms with Crippen LogP contribution in [-0.2, 0) is 11.2 Å². The lowest BCUT2D eigenvalue weighted by Crippen LogP contribution is -2.22. The lowest BCUT2D eigenvalue weighted by atomic mass is 10.1. The van der Waals surface area contributed by atoms with E-state index in [0.29, 0.717) is 17.9 Å². The van der Waals surface area contributed by atoms with Crippen LogP contribution < -0.4 is 5.32 Å². The van der Waals surface area contributed by atoms with Gasteiger partial charge in [-0.1, -0.05) is 66.4 Å². The van der Waals surface area contributed by atoms with Crippen molar-refractivity contribution in [3.63, 3.8) is 0 Å². The van der Waals surface area contributed by atoms with Crippen molar-refractivity contribution in [3.8, 4) is 11.3 Å². The average Bonchev–Trinajstić information content (AvgIpc) is 3.16. The van der Waals surface area contributed by atoms with Gasteiger partial charge in [0.05, 0.1) is 11.4 Å². The van der Waals surface area contributed by atoms with Gasteiger partial charge in [-0.2, -0.15) is 0 Å². The van der Waals surface area contributed by atoms with E-state index >= 15 is 0 Å². The Labute approximate surface area is 167 Å². The highest BCUT2D eigenvalue weighted by atomic mass is 32.2. The molecular weight excluding hydrogens is 376 g/mol. The summed E-state index contributed by atoms with van der Waals surface area (Å²) in [6.45, 7) is 2.11. The zero-order valence-electron chi connectivity index (χ0n) is 15.0. The monoisotopic (exact) mass is 396 g/mol. The molecule has 1 N–H and O–H groups in total. The van der Waals surface area contributed by atoms with Crippen LogP contribution in [0.3, 0.4) is 0 Å². The average molecular weight is 397 g/mol. The first-order valence-electron chi connectivity index (χ1n) is 8.62. The molecule has 4 nitrogen and oxygen atoms in total. The molecule has 0 spiro atoms. The van der Waals surface area contributed by atoms with Gasteiger partial charge in [0, 0.05) is 30.0 Å². The zero-order chi connectivity index (χ0) is 19.1. The number of thioether (sulfide) groups is 1. The number of amides is 1. The Morgan fingerprint density at radius 1 is 1.07 bits per heavy atom. The number of carbonyl (C=O) groups is 2. The van der Waals surface area contributed by atoms with E-state index in [4.69, 9.17) is 0 Å². The summed E-state index contributed by atoms with van der Waals surface area (Å²) in [4.78, 5) is 27.9. The summed E-state index contributed by atoms with van der Waals surface area (Å²) in [7, 11) is 0. The summed E-state index contributed by atoms with van der Waals surface area (Å²) >= 11 is 3.03. The molecule has 0 atom stereocenters. The molecule has 1 heterocycles. The van der Waals surface area contributed by atoms with Crippen LogP contribution in [0.15, 0.2) is 64.3 Å². The fraction of sp³-hybridized carbons (Fsp3) is 0.190. The number of carbonyl (C=O) groups excluding carboxylic acids is 2. The van der Waals surface area contributed by atoms with Gasteiger partial charge in [-0.3, -0.25) is 9.59 Å². The maximum absolute atomic E-state index is 12.4. The number of nitrogens with one attached hydrogen (secondary N) is 1. The minimum atomic E-state index is -0.0311. The molecule has 0 fully saturated rings. The van der Waals surface area contributed by atoms with Crippen LogP contribution in [0.1, 0.15) is 22.8 Å². The van der Waals surface area contributed by atoms with E-state index in [1.165, 1.54) is 18.7 Å². The van der Waals surface area contributed by atoms with Gasteiger partial charge in [-0.05, 0) is 12.0 Å². The SMILES string of the molecule is CC(=O)NCCc1ccc(C(=O)CSc2nc(-c3ccccc3)cs2)cc1. The number of hydrogen-bond acceptors (Lipinski definition) is 5. The Hall–Kier alpha value is -2.44. The molecule has 0 radical (unpaired) electrons. The Kier molecular flexibility index (Phi) is 6.79. The molecule has 3 rings (SSSR count). The quantitative estimate of drug-likeness (QED) is 0.451. The molecule has 0 bridgehead atoms. The maximum Gasteiger partial charge on any atom is 0.216 e. The summed E-state index contributed by atoms with van der Waals surface area (Å²) in [5.41, 5.74) is 3.83. The summed E-state index contributed by atoms with van der Waals surface area (Å²) < 4.78 is 0.897. The number of benzene rings is 2. The summed E-state index contributed by atoms with van der Waals surface area (Å²) in [6, 6.07) is 17.6. The van der Waals surface area contributed by atoms with Gasteiger partial charge in [0.2, 0.25) is 5.91 Å². The Balaban J connectivity index is 1.52. The van der Waals surface area contributed by atoms with Gasteiger partial charge in [0.25, 0.3) is 0 Å². The van der Waals surface area contributed by atoms with Crippen molar-refractivity contribution in [2.75, 3.05) is 12.3 Å². The van der Waals surface area contributed by atoms with E-state index in [1.807, 2.05) is 60.0 Å². The number of aromatic nitrogens is 1. The third kappa shape index (κ3) is 5.77. The molecule has 6 heteroatoms. The second kappa shape index (κ2) is 9.48. The molecule has 3 aromatic rings. The number of thiazole rings is 1. The van der Waals surface area contributed by atoms with E-state index in [9.17, 15) is 9.59 Å². The van der Waals surface area contributed by atoms with Crippen molar-refractivity contribution in [1.29, 1.82) is 0 Å². The third-order valence-electron chi connectivity index (χ3n) is 3.94. The van der Waals surface area contributed by atoms with Gasteiger partial charge in [-0.25, -0.2) is 4.98 Å². The Bertz CT molecular complexity index is 905. The van der Waals surface area contributed by atoms with Crippen LogP contribution in [-0.4, -0.2) is 29.0 Å². The smallest absolute Gasteiger partial charge is 0.216 e. The largest absolute Gasteiger partial charge is 0.356 e. The first kappa shape index (κ1) is 19.3. The van der Waals surface area contributed by atoms with Crippen LogP contribution in [0.5, 0.6) is 0 Å². The molecule has 0 unspecified atom stereocenters. The molecule has 2 aromatic carbocycles. The molecule has 0 saturated heterocycles. The first-order chi connectivity index (χ1) is 13.1. The molecule has 0 aliphatic heterocycles. The van der Waals surface area contributed by atoms with Crippen molar-refractivity contribution < 1.29 is 9.59 Å². The van der Waals surface area contributed by atoms with Crippen LogP contribution in [0, 0.1) is 0 Å². The zero-order valence-corrected chi connectivity index (χ0v) is 16.6. The maximum atomic E-state index is 12.4. The lowest BCUT2D eigenvalue weighted by molar-refractivity contribution is -0.118. The third-order valence-corrected chi connectivity index (χ3v) is 5.96. The number of hydrogen-bond donors (Lipinski definition) is 1. The molecule has 1 aromatic heterocycles. The second-order valence-corrected chi connectivity index (χ2v) is 8.09. The predicted molar refractivity (Wildman–Crippen MR) is 111 cm³/mol. The van der Waals surface area contributed by atoms with Crippen LogP contribution >= 0.6 is 23.1 Å². The summed E-state index contributed by atoms with van der Waals surface area (Å²) in [5, 5.41) is 4.79. The fourth-order valence-corrected chi connectivity index (χ4v) is 4.25. The van der Waals surface area contributed by atoms with Crippen LogP contribution in [0.25, 0.3) is 11.3 Å². The highest BCUT2D eigenvalue weighted by molar-refractivity contribution is 8.01. The molecule has 1 amide bonds. The van der Waals surface area contributed by atoms with E-state index in [0.717, 1.165) is 27.6 Å². The molecule has 0 aliphatic carbocycles. The molecule has 138 valence electrons. The van der Waals surface area contributed by atoms with Crippen LogP contribution in [0.2, 0.25) is 0 Å². The van der Waals surface area contributed by atoms with E-state index in [-0.39, 0.29) is 11.7 Å². The minimum absolute atomic E-state index is 0.0311. The van der Waals surface area contributed by atoms with E-state index < -0.39 is 0 Å². The summed E-state index contributed by atoms with van der Waals surface area (Å²) in [6.07, 6.45) is 0.754. The van der Waals surface area contributed by atoms with E-state index in [2.05, 4.69) is 10.3 Å². The first-order valence-corrected chi connectivity index (χ1v) is 10.5. The number of nitrogens with zero attached hydrogens (tertiary/aromatic N) is 1. The summed E-state index contributed by atoms with van der Waals surface area (Å²) in [5.74, 6) is 0.425. The highest BCUT2D eigenvalue weighted by Crippen LogP contribution is 2.28. The lowest BCUT2D eigenvalue weighted by Gasteiger charge is -2.04. The van der Waals surface area contributed by atoms with Crippen molar-refractivity contribution in [2.24, 2.45) is 0 Å². The van der Waals surface area contributed by atoms with Gasteiger partial charge >= 0.3 is 0 Å². The van der Waals surface area contributed by atoms with Crippen molar-refractivity contribution >= 4 is 34.8 Å². The second-order valence-electron chi connectivity index (χ2n) is 6.01. The van der Waals surface area contributed by atoms with Gasteiger partial charge in [-0.15, -0.1) is 11.3 Å². The van der Waals surface area contributed by atoms with Crippen LogP contribution in [0.4, 0.5) is 0 Å². The topological polar surface area (TPSA) is 59.1 Å². The van der Waals surface area contributed by atoms with Gasteiger partial charge in [0.15, 0.2) is 10.1 Å². The van der Waals surface area contributed by atoms with Crippen molar-refractivity contribution in [3.05, 3.63) is 71.1 Å². The van der Waals surface area contributed by atoms with Gasteiger partial charge in [0.1, 0.15) is 0 Å². The van der Waals surface area contributed by atoms with Crippen molar-refractivity contribution in [2.45, 2.75) is 17.7 Å². The minimum Gasteiger partial charge on any atom is -0.356 e. The fourth-order valence-electron chi connectivity index (χ4n) is 2.52. The standard InChI is InChI=1S/C21H20N2O2S2/c1-15(24)22-12-11-16-7-9-18(10-8-16)20(25)14-27-21-23-19(13-26-21)17-5-3-2-4-6-17/h2-10,13H,11-12,14H2,1H3,(H,22,24). The Morgan fingerprint density at radius 3 is 2.52 bits per heavy atom.